The lowest BCUT2D eigenvalue weighted by Gasteiger charge is -2.28. The predicted octanol–water partition coefficient (Wildman–Crippen LogP) is 1.87. The van der Waals surface area contributed by atoms with Crippen molar-refractivity contribution in [2.24, 2.45) is 0 Å². The summed E-state index contributed by atoms with van der Waals surface area (Å²) in [6.45, 7) is 3.05. The van der Waals surface area contributed by atoms with Crippen molar-refractivity contribution in [3.63, 3.8) is 0 Å². The molecule has 0 bridgehead atoms. The number of carbonyl (C=O) groups is 1. The molecule has 27 heavy (non-hydrogen) atoms. The number of aromatic carboxylic acids is 1. The molecule has 0 amide bonds. The van der Waals surface area contributed by atoms with E-state index < -0.39 is 11.5 Å². The highest BCUT2D eigenvalue weighted by atomic mass is 35.5. The fraction of sp³-hybridized carbons (Fsp3) is 0.235. The molecule has 1 aliphatic heterocycles. The van der Waals surface area contributed by atoms with Crippen LogP contribution in [-0.4, -0.2) is 51.9 Å². The third-order valence-electron chi connectivity index (χ3n) is 4.40. The highest BCUT2D eigenvalue weighted by Gasteiger charge is 2.25. The molecule has 0 aliphatic carbocycles. The normalized spacial score (nSPS) is 14.2. The van der Waals surface area contributed by atoms with Crippen molar-refractivity contribution in [3.8, 4) is 11.1 Å². The molecule has 2 aromatic heterocycles. The number of aromatic amines is 1. The monoisotopic (exact) mass is 409 g/mol. The van der Waals surface area contributed by atoms with Crippen LogP contribution in [0.2, 0.25) is 5.02 Å². The maximum absolute atomic E-state index is 12.7. The molecule has 1 aliphatic rings. The number of halogens is 2. The van der Waals surface area contributed by atoms with Crippen molar-refractivity contribution < 1.29 is 9.90 Å². The van der Waals surface area contributed by atoms with E-state index in [0.717, 1.165) is 26.2 Å². The van der Waals surface area contributed by atoms with E-state index in [1.165, 1.54) is 10.7 Å². The largest absolute Gasteiger partial charge is 0.477 e. The van der Waals surface area contributed by atoms with Crippen molar-refractivity contribution in [2.45, 2.75) is 0 Å². The number of piperazine rings is 1. The minimum atomic E-state index is -1.22. The van der Waals surface area contributed by atoms with Gasteiger partial charge in [0.15, 0.2) is 5.82 Å². The quantitative estimate of drug-likeness (QED) is 0.610. The molecule has 3 aromatic rings. The average Bonchev–Trinajstić information content (AvgIpc) is 3.02. The lowest BCUT2D eigenvalue weighted by atomic mass is 10.1. The first-order valence-corrected chi connectivity index (χ1v) is 8.53. The van der Waals surface area contributed by atoms with Crippen LogP contribution in [0, 0.1) is 0 Å². The van der Waals surface area contributed by atoms with Gasteiger partial charge in [-0.05, 0) is 6.07 Å². The first kappa shape index (κ1) is 19.2. The Morgan fingerprint density at radius 1 is 1.22 bits per heavy atom. The van der Waals surface area contributed by atoms with Gasteiger partial charge in [0.1, 0.15) is 11.2 Å². The number of nitrogens with zero attached hydrogens (tertiary/aromatic N) is 3. The summed E-state index contributed by atoms with van der Waals surface area (Å²) in [7, 11) is 0. The Bertz CT molecular complexity index is 1060. The number of carboxylic acids is 1. The van der Waals surface area contributed by atoms with Gasteiger partial charge in [0.25, 0.3) is 5.56 Å². The molecule has 0 spiro atoms. The van der Waals surface area contributed by atoms with Crippen molar-refractivity contribution in [3.05, 3.63) is 51.5 Å². The second-order valence-electron chi connectivity index (χ2n) is 6.01. The summed E-state index contributed by atoms with van der Waals surface area (Å²) in [5.41, 5.74) is 0.829. The van der Waals surface area contributed by atoms with Gasteiger partial charge < -0.3 is 20.3 Å². The molecule has 4 rings (SSSR count). The molecule has 1 saturated heterocycles. The Morgan fingerprint density at radius 3 is 2.59 bits per heavy atom. The van der Waals surface area contributed by atoms with Crippen molar-refractivity contribution in [2.75, 3.05) is 31.1 Å². The van der Waals surface area contributed by atoms with Crippen LogP contribution >= 0.6 is 24.0 Å². The first-order valence-electron chi connectivity index (χ1n) is 8.16. The van der Waals surface area contributed by atoms with Gasteiger partial charge in [0.2, 0.25) is 0 Å². The SMILES string of the molecule is Cl.O=C(O)c1cn2nc(N3CCNCC3)c(-c3ccccc3Cl)c2c(=O)[nH]1. The van der Waals surface area contributed by atoms with Crippen LogP contribution in [0.25, 0.3) is 16.6 Å². The first-order chi connectivity index (χ1) is 12.6. The Labute approximate surface area is 165 Å². The second-order valence-corrected chi connectivity index (χ2v) is 6.42. The van der Waals surface area contributed by atoms with Crippen LogP contribution in [0.1, 0.15) is 10.5 Å². The number of H-pyrrole nitrogens is 1. The maximum Gasteiger partial charge on any atom is 0.354 e. The number of carboxylic acid groups (broad SMARTS) is 1. The molecule has 8 nitrogen and oxygen atoms in total. The molecule has 142 valence electrons. The van der Waals surface area contributed by atoms with Gasteiger partial charge in [-0.15, -0.1) is 17.5 Å². The summed E-state index contributed by atoms with van der Waals surface area (Å²) < 4.78 is 1.33. The van der Waals surface area contributed by atoms with E-state index >= 15 is 0 Å². The van der Waals surface area contributed by atoms with Gasteiger partial charge in [-0.2, -0.15) is 0 Å². The van der Waals surface area contributed by atoms with Crippen LogP contribution in [0.5, 0.6) is 0 Å². The van der Waals surface area contributed by atoms with E-state index in [1.54, 1.807) is 6.07 Å². The van der Waals surface area contributed by atoms with Crippen molar-refractivity contribution in [1.29, 1.82) is 0 Å². The summed E-state index contributed by atoms with van der Waals surface area (Å²) in [6, 6.07) is 7.23. The van der Waals surface area contributed by atoms with E-state index in [2.05, 4.69) is 20.3 Å². The maximum atomic E-state index is 12.7. The van der Waals surface area contributed by atoms with Crippen molar-refractivity contribution in [1.82, 2.24) is 19.9 Å². The number of aromatic nitrogens is 3. The highest BCUT2D eigenvalue weighted by molar-refractivity contribution is 6.33. The lowest BCUT2D eigenvalue weighted by Crippen LogP contribution is -2.43. The van der Waals surface area contributed by atoms with Crippen LogP contribution in [0.4, 0.5) is 5.82 Å². The van der Waals surface area contributed by atoms with Gasteiger partial charge in [-0.3, -0.25) is 4.79 Å². The molecule has 0 radical (unpaired) electrons. The fourth-order valence-corrected chi connectivity index (χ4v) is 3.42. The molecule has 10 heteroatoms. The molecular formula is C17H17Cl2N5O3. The molecule has 1 fully saturated rings. The molecule has 0 atom stereocenters. The Hall–Kier alpha value is -2.55. The Morgan fingerprint density at radius 2 is 1.93 bits per heavy atom. The Balaban J connectivity index is 0.00000210. The topological polar surface area (TPSA) is 103 Å². The third kappa shape index (κ3) is 3.39. The van der Waals surface area contributed by atoms with Gasteiger partial charge in [-0.25, -0.2) is 9.31 Å². The Kier molecular flexibility index (Phi) is 5.41. The lowest BCUT2D eigenvalue weighted by molar-refractivity contribution is 0.0689. The van der Waals surface area contributed by atoms with E-state index in [-0.39, 0.29) is 23.6 Å². The van der Waals surface area contributed by atoms with Crippen molar-refractivity contribution >= 4 is 41.3 Å². The molecule has 0 unspecified atom stereocenters. The molecule has 0 saturated carbocycles. The minimum Gasteiger partial charge on any atom is -0.477 e. The van der Waals surface area contributed by atoms with Crippen LogP contribution in [0.3, 0.4) is 0 Å². The molecule has 3 heterocycles. The minimum absolute atomic E-state index is 0. The number of nitrogens with one attached hydrogen (secondary N) is 2. The third-order valence-corrected chi connectivity index (χ3v) is 4.73. The van der Waals surface area contributed by atoms with Gasteiger partial charge >= 0.3 is 5.97 Å². The summed E-state index contributed by atoms with van der Waals surface area (Å²) in [6.07, 6.45) is 1.31. The summed E-state index contributed by atoms with van der Waals surface area (Å²) in [5, 5.41) is 17.5. The van der Waals surface area contributed by atoms with E-state index in [4.69, 9.17) is 11.6 Å². The zero-order chi connectivity index (χ0) is 18.3. The van der Waals surface area contributed by atoms with E-state index in [9.17, 15) is 14.7 Å². The van der Waals surface area contributed by atoms with Gasteiger partial charge in [0.05, 0.1) is 11.8 Å². The number of benzene rings is 1. The van der Waals surface area contributed by atoms with E-state index in [1.807, 2.05) is 18.2 Å². The summed E-state index contributed by atoms with van der Waals surface area (Å²) in [5.74, 6) is -0.602. The number of hydrogen-bond donors (Lipinski definition) is 3. The number of anilines is 1. The van der Waals surface area contributed by atoms with Gasteiger partial charge in [0, 0.05) is 36.8 Å². The zero-order valence-electron chi connectivity index (χ0n) is 14.1. The van der Waals surface area contributed by atoms with Crippen LogP contribution in [0.15, 0.2) is 35.3 Å². The fourth-order valence-electron chi connectivity index (χ4n) is 3.19. The second kappa shape index (κ2) is 7.59. The summed E-state index contributed by atoms with van der Waals surface area (Å²) in [4.78, 5) is 28.4. The number of hydrogen-bond acceptors (Lipinski definition) is 5. The molecular weight excluding hydrogens is 393 g/mol. The molecule has 3 N–H and O–H groups in total. The van der Waals surface area contributed by atoms with Crippen LogP contribution < -0.4 is 15.8 Å². The average molecular weight is 410 g/mol. The van der Waals surface area contributed by atoms with Gasteiger partial charge in [-0.1, -0.05) is 29.8 Å². The highest BCUT2D eigenvalue weighted by Crippen LogP contribution is 2.37. The van der Waals surface area contributed by atoms with E-state index in [0.29, 0.717) is 22.0 Å². The zero-order valence-corrected chi connectivity index (χ0v) is 15.7. The molecule has 1 aromatic carbocycles. The standard InChI is InChI=1S/C17H16ClN5O3.ClH/c18-11-4-2-1-3-10(11)13-14-16(24)20-12(17(25)26)9-23(14)21-15(13)22-7-5-19-6-8-22;/h1-4,9,19H,5-8H2,(H,20,24)(H,25,26);1H. The smallest absolute Gasteiger partial charge is 0.354 e. The number of fused-ring (bicyclic) bond motifs is 1. The predicted molar refractivity (Wildman–Crippen MR) is 106 cm³/mol. The van der Waals surface area contributed by atoms with Crippen LogP contribution in [-0.2, 0) is 0 Å². The number of rotatable bonds is 3. The summed E-state index contributed by atoms with van der Waals surface area (Å²) >= 11 is 6.39.